The Hall–Kier alpha value is -0.450. The molecular formula is C13H27NO3. The fraction of sp³-hybridized carbons (Fsp3) is 0.923. The Morgan fingerprint density at radius 1 is 0.941 bits per heavy atom. The lowest BCUT2D eigenvalue weighted by molar-refractivity contribution is -0.117. The molecule has 1 N–H and O–H groups in total. The summed E-state index contributed by atoms with van der Waals surface area (Å²) < 4.78 is 10.8. The lowest BCUT2D eigenvalue weighted by Gasteiger charge is -2.05. The van der Waals surface area contributed by atoms with Crippen LogP contribution >= 0.6 is 0 Å². The van der Waals surface area contributed by atoms with Gasteiger partial charge in [-0.05, 0) is 46.2 Å². The van der Waals surface area contributed by atoms with Crippen molar-refractivity contribution >= 4 is 5.78 Å². The topological polar surface area (TPSA) is 47.6 Å². The normalized spacial score (nSPS) is 10.7. The van der Waals surface area contributed by atoms with Crippen molar-refractivity contribution in [2.75, 3.05) is 40.0 Å². The fourth-order valence-electron chi connectivity index (χ4n) is 1.41. The highest BCUT2D eigenvalue weighted by molar-refractivity contribution is 5.75. The van der Waals surface area contributed by atoms with Gasteiger partial charge in [0.15, 0.2) is 0 Å². The molecule has 0 saturated heterocycles. The van der Waals surface area contributed by atoms with Crippen LogP contribution in [0.5, 0.6) is 0 Å². The third kappa shape index (κ3) is 15.5. The van der Waals surface area contributed by atoms with E-state index in [2.05, 4.69) is 5.32 Å². The van der Waals surface area contributed by atoms with Crippen LogP contribution in [0.3, 0.4) is 0 Å². The van der Waals surface area contributed by atoms with Gasteiger partial charge < -0.3 is 19.6 Å². The lowest BCUT2D eigenvalue weighted by Crippen LogP contribution is -2.10. The minimum atomic E-state index is 0.259. The van der Waals surface area contributed by atoms with E-state index in [9.17, 15) is 4.79 Å². The van der Waals surface area contributed by atoms with Gasteiger partial charge in [0.05, 0.1) is 13.2 Å². The smallest absolute Gasteiger partial charge is 0.129 e. The third-order valence-corrected chi connectivity index (χ3v) is 2.40. The molecule has 0 bridgehead atoms. The summed E-state index contributed by atoms with van der Waals surface area (Å²) in [7, 11) is 1.96. The summed E-state index contributed by atoms with van der Waals surface area (Å²) in [6.07, 6.45) is 4.81. The van der Waals surface area contributed by atoms with Crippen LogP contribution < -0.4 is 5.32 Å². The van der Waals surface area contributed by atoms with Crippen molar-refractivity contribution in [2.45, 2.75) is 39.0 Å². The molecule has 0 spiro atoms. The number of hydrogen-bond donors (Lipinski definition) is 1. The number of rotatable bonds is 13. The zero-order valence-electron chi connectivity index (χ0n) is 11.3. The second-order valence-electron chi connectivity index (χ2n) is 4.19. The summed E-state index contributed by atoms with van der Waals surface area (Å²) in [6.45, 7) is 5.56. The van der Waals surface area contributed by atoms with Crippen molar-refractivity contribution in [3.05, 3.63) is 0 Å². The van der Waals surface area contributed by atoms with Gasteiger partial charge in [-0.2, -0.15) is 0 Å². The third-order valence-electron chi connectivity index (χ3n) is 2.40. The molecule has 0 heterocycles. The fourth-order valence-corrected chi connectivity index (χ4v) is 1.41. The molecule has 0 unspecified atom stereocenters. The molecular weight excluding hydrogens is 218 g/mol. The van der Waals surface area contributed by atoms with Gasteiger partial charge in [-0.25, -0.2) is 0 Å². The second-order valence-corrected chi connectivity index (χ2v) is 4.19. The van der Waals surface area contributed by atoms with Gasteiger partial charge in [-0.15, -0.1) is 0 Å². The molecule has 0 aromatic carbocycles. The zero-order chi connectivity index (χ0) is 12.8. The zero-order valence-corrected chi connectivity index (χ0v) is 11.3. The molecule has 17 heavy (non-hydrogen) atoms. The molecule has 0 aromatic heterocycles. The van der Waals surface area contributed by atoms with Crippen molar-refractivity contribution < 1.29 is 14.3 Å². The predicted molar refractivity (Wildman–Crippen MR) is 69.3 cm³/mol. The Kier molecular flexibility index (Phi) is 13.3. The Labute approximate surface area is 105 Å². The van der Waals surface area contributed by atoms with Gasteiger partial charge in [0, 0.05) is 19.6 Å². The monoisotopic (exact) mass is 245 g/mol. The summed E-state index contributed by atoms with van der Waals surface area (Å²) in [6, 6.07) is 0. The summed E-state index contributed by atoms with van der Waals surface area (Å²) in [5.74, 6) is 0.259. The van der Waals surface area contributed by atoms with E-state index in [0.29, 0.717) is 19.6 Å². The Morgan fingerprint density at radius 2 is 1.53 bits per heavy atom. The summed E-state index contributed by atoms with van der Waals surface area (Å²) >= 11 is 0. The minimum Gasteiger partial charge on any atom is -0.379 e. The molecule has 0 fully saturated rings. The molecule has 4 heteroatoms. The maximum Gasteiger partial charge on any atom is 0.129 e. The molecule has 0 radical (unpaired) electrons. The van der Waals surface area contributed by atoms with Crippen molar-refractivity contribution in [3.63, 3.8) is 0 Å². The molecule has 102 valence electrons. The summed E-state index contributed by atoms with van der Waals surface area (Å²) in [5.41, 5.74) is 0. The lowest BCUT2D eigenvalue weighted by atomic mass is 10.2. The highest BCUT2D eigenvalue weighted by Gasteiger charge is 1.94. The van der Waals surface area contributed by atoms with Gasteiger partial charge in [0.2, 0.25) is 0 Å². The first-order valence-corrected chi connectivity index (χ1v) is 6.57. The maximum absolute atomic E-state index is 10.7. The molecule has 0 aromatic rings. The number of ether oxygens (including phenoxy) is 2. The van der Waals surface area contributed by atoms with E-state index in [-0.39, 0.29) is 5.78 Å². The Morgan fingerprint density at radius 3 is 2.06 bits per heavy atom. The molecule has 0 atom stereocenters. The van der Waals surface area contributed by atoms with Crippen LogP contribution in [0.4, 0.5) is 0 Å². The first kappa shape index (κ1) is 16.6. The van der Waals surface area contributed by atoms with Crippen LogP contribution in [-0.4, -0.2) is 45.8 Å². The van der Waals surface area contributed by atoms with Crippen LogP contribution in [0.2, 0.25) is 0 Å². The number of hydrogen-bond acceptors (Lipinski definition) is 4. The van der Waals surface area contributed by atoms with Crippen molar-refractivity contribution in [1.82, 2.24) is 5.32 Å². The molecule has 0 aliphatic heterocycles. The van der Waals surface area contributed by atoms with E-state index in [4.69, 9.17) is 9.47 Å². The average molecular weight is 245 g/mol. The number of ketones is 1. The first-order valence-electron chi connectivity index (χ1n) is 6.57. The largest absolute Gasteiger partial charge is 0.379 e. The molecule has 0 amide bonds. The number of nitrogens with one attached hydrogen (secondary N) is 1. The van der Waals surface area contributed by atoms with Crippen LogP contribution in [-0.2, 0) is 14.3 Å². The Bertz CT molecular complexity index is 174. The second kappa shape index (κ2) is 13.6. The van der Waals surface area contributed by atoms with E-state index in [0.717, 1.165) is 45.4 Å². The van der Waals surface area contributed by atoms with E-state index in [1.165, 1.54) is 0 Å². The van der Waals surface area contributed by atoms with Gasteiger partial charge in [0.25, 0.3) is 0 Å². The van der Waals surface area contributed by atoms with Crippen molar-refractivity contribution in [2.24, 2.45) is 0 Å². The maximum atomic E-state index is 10.7. The molecule has 0 saturated carbocycles. The van der Waals surface area contributed by atoms with Crippen LogP contribution in [0, 0.1) is 0 Å². The number of carbonyl (C=O) groups excluding carboxylic acids is 1. The number of unbranched alkanes of at least 4 members (excludes halogenated alkanes) is 2. The minimum absolute atomic E-state index is 0.259. The molecule has 0 aliphatic rings. The molecule has 0 aliphatic carbocycles. The summed E-state index contributed by atoms with van der Waals surface area (Å²) in [4.78, 5) is 10.7. The van der Waals surface area contributed by atoms with Gasteiger partial charge in [-0.3, -0.25) is 0 Å². The van der Waals surface area contributed by atoms with Gasteiger partial charge in [-0.1, -0.05) is 0 Å². The number of Topliss-reactive ketones (excluding diaryl/α,β-unsaturated/α-hetero) is 1. The molecule has 0 rings (SSSR count). The summed E-state index contributed by atoms with van der Waals surface area (Å²) in [5, 5.41) is 3.10. The van der Waals surface area contributed by atoms with Gasteiger partial charge >= 0.3 is 0 Å². The van der Waals surface area contributed by atoms with Crippen LogP contribution in [0.15, 0.2) is 0 Å². The van der Waals surface area contributed by atoms with E-state index in [1.54, 1.807) is 6.92 Å². The predicted octanol–water partition coefficient (Wildman–Crippen LogP) is 1.78. The highest BCUT2D eigenvalue weighted by Crippen LogP contribution is 1.96. The number of carbonyl (C=O) groups is 1. The quantitative estimate of drug-likeness (QED) is 0.502. The SMILES string of the molecule is CNCCCCOCCOCCCCC(C)=O. The first-order chi connectivity index (χ1) is 8.27. The van der Waals surface area contributed by atoms with Crippen molar-refractivity contribution in [3.8, 4) is 0 Å². The van der Waals surface area contributed by atoms with E-state index >= 15 is 0 Å². The standard InChI is InChI=1S/C13H27NO3/c1-13(15)7-3-5-9-16-11-12-17-10-6-4-8-14-2/h14H,3-12H2,1-2H3. The van der Waals surface area contributed by atoms with Crippen molar-refractivity contribution in [1.29, 1.82) is 0 Å². The van der Waals surface area contributed by atoms with E-state index < -0.39 is 0 Å². The van der Waals surface area contributed by atoms with Crippen LogP contribution in [0.25, 0.3) is 0 Å². The van der Waals surface area contributed by atoms with Crippen LogP contribution in [0.1, 0.15) is 39.0 Å². The Balaban J connectivity index is 2.91. The van der Waals surface area contributed by atoms with Gasteiger partial charge in [0.1, 0.15) is 5.78 Å². The molecule has 4 nitrogen and oxygen atoms in total. The average Bonchev–Trinajstić information content (AvgIpc) is 2.30. The van der Waals surface area contributed by atoms with E-state index in [1.807, 2.05) is 7.05 Å². The highest BCUT2D eigenvalue weighted by atomic mass is 16.5.